The molecule has 116 valence electrons. The molecule has 6 heteroatoms. The highest BCUT2D eigenvalue weighted by Crippen LogP contribution is 2.20. The predicted octanol–water partition coefficient (Wildman–Crippen LogP) is 1.33. The van der Waals surface area contributed by atoms with Crippen molar-refractivity contribution in [2.24, 2.45) is 11.8 Å². The van der Waals surface area contributed by atoms with Gasteiger partial charge in [0.2, 0.25) is 5.91 Å². The molecular weight excluding hydrogens is 276 g/mol. The van der Waals surface area contributed by atoms with E-state index in [2.05, 4.69) is 24.5 Å². The van der Waals surface area contributed by atoms with E-state index in [1.165, 1.54) is 0 Å². The lowest BCUT2D eigenvalue weighted by Gasteiger charge is -2.24. The number of thioether (sulfide) groups is 1. The third-order valence-corrected chi connectivity index (χ3v) is 4.79. The Bertz CT molecular complexity index is 318. The Hall–Kier alpha value is -0.750. The van der Waals surface area contributed by atoms with E-state index in [4.69, 9.17) is 5.11 Å². The fourth-order valence-corrected chi connectivity index (χ4v) is 3.29. The third-order valence-electron chi connectivity index (χ3n) is 3.72. The van der Waals surface area contributed by atoms with Gasteiger partial charge in [-0.25, -0.2) is 0 Å². The number of carbonyl (C=O) groups is 2. The standard InChI is InChI=1S/C14H26N2O3S/c1-10(2)11(3-4-13(17)18)5-6-16-14(19)12-9-20-8-7-15-12/h10-12,15H,3-9H2,1-2H3,(H,16,19)(H,17,18). The molecule has 5 nitrogen and oxygen atoms in total. The summed E-state index contributed by atoms with van der Waals surface area (Å²) in [7, 11) is 0. The molecule has 1 aliphatic heterocycles. The largest absolute Gasteiger partial charge is 0.481 e. The number of hydrogen-bond donors (Lipinski definition) is 3. The van der Waals surface area contributed by atoms with Crippen molar-refractivity contribution in [1.82, 2.24) is 10.6 Å². The van der Waals surface area contributed by atoms with Gasteiger partial charge in [0.15, 0.2) is 0 Å². The first-order chi connectivity index (χ1) is 9.50. The first kappa shape index (κ1) is 17.3. The summed E-state index contributed by atoms with van der Waals surface area (Å²) in [5.41, 5.74) is 0. The Labute approximate surface area is 125 Å². The van der Waals surface area contributed by atoms with E-state index in [0.29, 0.717) is 24.8 Å². The minimum atomic E-state index is -0.747. The van der Waals surface area contributed by atoms with Crippen LogP contribution in [-0.4, -0.2) is 47.6 Å². The molecule has 1 fully saturated rings. The lowest BCUT2D eigenvalue weighted by Crippen LogP contribution is -2.49. The molecule has 0 bridgehead atoms. The van der Waals surface area contributed by atoms with E-state index >= 15 is 0 Å². The van der Waals surface area contributed by atoms with Crippen LogP contribution in [0.15, 0.2) is 0 Å². The number of amides is 1. The van der Waals surface area contributed by atoms with Gasteiger partial charge < -0.3 is 15.7 Å². The molecule has 2 unspecified atom stereocenters. The van der Waals surface area contributed by atoms with Gasteiger partial charge in [-0.1, -0.05) is 13.8 Å². The Morgan fingerprint density at radius 2 is 2.15 bits per heavy atom. The van der Waals surface area contributed by atoms with Crippen LogP contribution >= 0.6 is 11.8 Å². The van der Waals surface area contributed by atoms with Crippen molar-refractivity contribution >= 4 is 23.6 Å². The van der Waals surface area contributed by atoms with Gasteiger partial charge >= 0.3 is 5.97 Å². The number of carboxylic acids is 1. The predicted molar refractivity (Wildman–Crippen MR) is 81.9 cm³/mol. The molecule has 1 amide bonds. The lowest BCUT2D eigenvalue weighted by molar-refractivity contribution is -0.137. The van der Waals surface area contributed by atoms with Crippen LogP contribution in [0, 0.1) is 11.8 Å². The van der Waals surface area contributed by atoms with E-state index in [-0.39, 0.29) is 18.4 Å². The van der Waals surface area contributed by atoms with Crippen molar-refractivity contribution in [1.29, 1.82) is 0 Å². The molecule has 0 radical (unpaired) electrons. The number of carboxylic acid groups (broad SMARTS) is 1. The van der Waals surface area contributed by atoms with E-state index < -0.39 is 5.97 Å². The number of nitrogens with one attached hydrogen (secondary N) is 2. The smallest absolute Gasteiger partial charge is 0.303 e. The van der Waals surface area contributed by atoms with Gasteiger partial charge in [-0.3, -0.25) is 9.59 Å². The first-order valence-corrected chi connectivity index (χ1v) is 8.46. The maximum atomic E-state index is 11.9. The van der Waals surface area contributed by atoms with Crippen LogP contribution in [0.25, 0.3) is 0 Å². The molecule has 3 N–H and O–H groups in total. The number of rotatable bonds is 8. The lowest BCUT2D eigenvalue weighted by atomic mass is 9.88. The van der Waals surface area contributed by atoms with Gasteiger partial charge in [-0.15, -0.1) is 0 Å². The summed E-state index contributed by atoms with van der Waals surface area (Å²) in [4.78, 5) is 22.6. The highest BCUT2D eigenvalue weighted by atomic mass is 32.2. The zero-order valence-corrected chi connectivity index (χ0v) is 13.2. The number of aliphatic carboxylic acids is 1. The second-order valence-corrected chi connectivity index (χ2v) is 6.75. The van der Waals surface area contributed by atoms with Crippen molar-refractivity contribution < 1.29 is 14.7 Å². The topological polar surface area (TPSA) is 78.4 Å². The van der Waals surface area contributed by atoms with Crippen LogP contribution in [0.4, 0.5) is 0 Å². The summed E-state index contributed by atoms with van der Waals surface area (Å²) < 4.78 is 0. The molecular formula is C14H26N2O3S. The van der Waals surface area contributed by atoms with E-state index in [1.807, 2.05) is 0 Å². The van der Waals surface area contributed by atoms with Crippen LogP contribution in [-0.2, 0) is 9.59 Å². The van der Waals surface area contributed by atoms with Crippen LogP contribution in [0.2, 0.25) is 0 Å². The molecule has 0 aliphatic carbocycles. The molecule has 20 heavy (non-hydrogen) atoms. The second kappa shape index (κ2) is 9.23. The van der Waals surface area contributed by atoms with Crippen molar-refractivity contribution in [3.8, 4) is 0 Å². The summed E-state index contributed by atoms with van der Waals surface area (Å²) in [5.74, 6) is 2.00. The summed E-state index contributed by atoms with van der Waals surface area (Å²) >= 11 is 1.80. The highest BCUT2D eigenvalue weighted by molar-refractivity contribution is 7.99. The van der Waals surface area contributed by atoms with Gasteiger partial charge in [-0.2, -0.15) is 11.8 Å². The molecule has 0 aromatic rings. The Morgan fingerprint density at radius 1 is 1.40 bits per heavy atom. The number of carbonyl (C=O) groups excluding carboxylic acids is 1. The minimum absolute atomic E-state index is 0.0675. The molecule has 1 heterocycles. The van der Waals surface area contributed by atoms with Crippen LogP contribution in [0.3, 0.4) is 0 Å². The molecule has 0 saturated carbocycles. The monoisotopic (exact) mass is 302 g/mol. The molecule has 1 aliphatic rings. The summed E-state index contributed by atoms with van der Waals surface area (Å²) in [6.45, 7) is 5.72. The third kappa shape index (κ3) is 6.61. The summed E-state index contributed by atoms with van der Waals surface area (Å²) in [5, 5.41) is 14.9. The number of hydrogen-bond acceptors (Lipinski definition) is 4. The van der Waals surface area contributed by atoms with E-state index in [9.17, 15) is 9.59 Å². The van der Waals surface area contributed by atoms with Gasteiger partial charge in [0.05, 0.1) is 6.04 Å². The average molecular weight is 302 g/mol. The SMILES string of the molecule is CC(C)C(CCNC(=O)C1CSCCN1)CCC(=O)O. The van der Waals surface area contributed by atoms with Crippen LogP contribution < -0.4 is 10.6 Å². The Balaban J connectivity index is 2.25. The quantitative estimate of drug-likeness (QED) is 0.630. The Kier molecular flexibility index (Phi) is 7.99. The molecule has 0 aromatic heterocycles. The average Bonchev–Trinajstić information content (AvgIpc) is 2.42. The first-order valence-electron chi connectivity index (χ1n) is 7.31. The second-order valence-electron chi connectivity index (χ2n) is 5.60. The fraction of sp³-hybridized carbons (Fsp3) is 0.857. The van der Waals surface area contributed by atoms with Crippen LogP contribution in [0.5, 0.6) is 0 Å². The Morgan fingerprint density at radius 3 is 2.70 bits per heavy atom. The van der Waals surface area contributed by atoms with E-state index in [1.54, 1.807) is 11.8 Å². The van der Waals surface area contributed by atoms with Crippen LogP contribution in [0.1, 0.15) is 33.1 Å². The fourth-order valence-electron chi connectivity index (χ4n) is 2.36. The molecule has 1 saturated heterocycles. The maximum Gasteiger partial charge on any atom is 0.303 e. The summed E-state index contributed by atoms with van der Waals surface area (Å²) in [6.07, 6.45) is 1.73. The van der Waals surface area contributed by atoms with Crippen molar-refractivity contribution in [2.75, 3.05) is 24.6 Å². The van der Waals surface area contributed by atoms with Gasteiger partial charge in [0.1, 0.15) is 0 Å². The van der Waals surface area contributed by atoms with Gasteiger partial charge in [-0.05, 0) is 24.7 Å². The summed E-state index contributed by atoms with van der Waals surface area (Å²) in [6, 6.07) is -0.0785. The van der Waals surface area contributed by atoms with Gasteiger partial charge in [0, 0.05) is 31.0 Å². The van der Waals surface area contributed by atoms with Crippen molar-refractivity contribution in [3.05, 3.63) is 0 Å². The van der Waals surface area contributed by atoms with E-state index in [0.717, 1.165) is 24.5 Å². The van der Waals surface area contributed by atoms with Crippen molar-refractivity contribution in [2.45, 2.75) is 39.2 Å². The molecule has 2 atom stereocenters. The highest BCUT2D eigenvalue weighted by Gasteiger charge is 2.21. The normalized spacial score (nSPS) is 20.6. The maximum absolute atomic E-state index is 11.9. The molecule has 1 rings (SSSR count). The molecule has 0 aromatic carbocycles. The molecule has 0 spiro atoms. The van der Waals surface area contributed by atoms with Gasteiger partial charge in [0.25, 0.3) is 0 Å². The van der Waals surface area contributed by atoms with Crippen molar-refractivity contribution in [3.63, 3.8) is 0 Å². The zero-order valence-electron chi connectivity index (χ0n) is 12.4. The minimum Gasteiger partial charge on any atom is -0.481 e. The zero-order chi connectivity index (χ0) is 15.0.